The van der Waals surface area contributed by atoms with Gasteiger partial charge in [-0.15, -0.1) is 5.10 Å². The number of rotatable bonds is 6. The van der Waals surface area contributed by atoms with Gasteiger partial charge in [0.05, 0.1) is 11.3 Å². The van der Waals surface area contributed by atoms with Gasteiger partial charge in [0.2, 0.25) is 5.95 Å². The van der Waals surface area contributed by atoms with E-state index in [-0.39, 0.29) is 11.0 Å². The van der Waals surface area contributed by atoms with Gasteiger partial charge in [-0.25, -0.2) is 9.31 Å². The summed E-state index contributed by atoms with van der Waals surface area (Å²) in [6, 6.07) is 20.2. The average molecular weight is 482 g/mol. The second-order valence-corrected chi connectivity index (χ2v) is 10.4. The molecule has 3 heterocycles. The highest BCUT2D eigenvalue weighted by Gasteiger charge is 2.33. The van der Waals surface area contributed by atoms with Gasteiger partial charge in [0.15, 0.2) is 5.65 Å². The Kier molecular flexibility index (Phi) is 5.63. The number of carbonyl (C=O) groups is 1. The number of hydrogen-bond acceptors (Lipinski definition) is 5. The molecule has 0 radical (unpaired) electrons. The standard InChI is InChI=1S/C29H31N5O2/c1-29(23-11-7-21(8-12-23)20-4-2-5-20)15-18-33(19-16-29)25-6-3-17-34-26(25)31-28(32-34)30-24-13-9-22(10-14-24)27(35)36/h3,6-14,17,20H,2,4-5,15-16,18-19H2,1H3,(H,30,32)(H,35,36). The van der Waals surface area contributed by atoms with Crippen LogP contribution in [0.3, 0.4) is 0 Å². The summed E-state index contributed by atoms with van der Waals surface area (Å²) in [5, 5.41) is 16.9. The molecule has 1 aliphatic heterocycles. The minimum absolute atomic E-state index is 0.183. The number of aromatic carboxylic acids is 1. The van der Waals surface area contributed by atoms with Crippen molar-refractivity contribution in [3.8, 4) is 0 Å². The molecule has 0 amide bonds. The van der Waals surface area contributed by atoms with Crippen LogP contribution < -0.4 is 10.2 Å². The fourth-order valence-corrected chi connectivity index (χ4v) is 5.45. The van der Waals surface area contributed by atoms with E-state index in [2.05, 4.69) is 52.6 Å². The van der Waals surface area contributed by atoms with Crippen LogP contribution in [0.15, 0.2) is 66.9 Å². The number of nitrogens with one attached hydrogen (secondary N) is 1. The number of pyridine rings is 1. The van der Waals surface area contributed by atoms with Crippen LogP contribution in [0.1, 0.15) is 66.4 Å². The summed E-state index contributed by atoms with van der Waals surface area (Å²) >= 11 is 0. The highest BCUT2D eigenvalue weighted by atomic mass is 16.4. The molecule has 1 saturated carbocycles. The third-order valence-electron chi connectivity index (χ3n) is 8.12. The van der Waals surface area contributed by atoms with Crippen LogP contribution in [0.2, 0.25) is 0 Å². The van der Waals surface area contributed by atoms with Crippen LogP contribution in [-0.2, 0) is 5.41 Å². The summed E-state index contributed by atoms with van der Waals surface area (Å²) < 4.78 is 1.80. The maximum Gasteiger partial charge on any atom is 0.335 e. The van der Waals surface area contributed by atoms with Crippen LogP contribution in [-0.4, -0.2) is 38.8 Å². The van der Waals surface area contributed by atoms with Crippen molar-refractivity contribution < 1.29 is 9.90 Å². The lowest BCUT2D eigenvalue weighted by Crippen LogP contribution is -2.41. The van der Waals surface area contributed by atoms with Crippen LogP contribution in [0, 0.1) is 0 Å². The lowest BCUT2D eigenvalue weighted by molar-refractivity contribution is 0.0697. The smallest absolute Gasteiger partial charge is 0.335 e. The lowest BCUT2D eigenvalue weighted by Gasteiger charge is -2.41. The molecule has 2 aromatic heterocycles. The number of piperidine rings is 1. The van der Waals surface area contributed by atoms with Crippen LogP contribution in [0.25, 0.3) is 5.65 Å². The number of carboxylic acid groups (broad SMARTS) is 1. The quantitative estimate of drug-likeness (QED) is 0.352. The third kappa shape index (κ3) is 4.19. The Morgan fingerprint density at radius 2 is 1.75 bits per heavy atom. The molecule has 0 spiro atoms. The minimum Gasteiger partial charge on any atom is -0.478 e. The van der Waals surface area contributed by atoms with Crippen molar-refractivity contribution in [2.24, 2.45) is 0 Å². The summed E-state index contributed by atoms with van der Waals surface area (Å²) in [4.78, 5) is 18.3. The lowest BCUT2D eigenvalue weighted by atomic mass is 9.73. The Morgan fingerprint density at radius 1 is 1.03 bits per heavy atom. The van der Waals surface area contributed by atoms with Gasteiger partial charge in [0.1, 0.15) is 0 Å². The summed E-state index contributed by atoms with van der Waals surface area (Å²) in [7, 11) is 0. The summed E-state index contributed by atoms with van der Waals surface area (Å²) in [5.74, 6) is 0.320. The number of anilines is 3. The largest absolute Gasteiger partial charge is 0.478 e. The van der Waals surface area contributed by atoms with E-state index in [1.165, 1.54) is 30.4 Å². The number of aromatic nitrogens is 3. The first-order valence-electron chi connectivity index (χ1n) is 12.8. The van der Waals surface area contributed by atoms with Crippen molar-refractivity contribution in [3.05, 3.63) is 83.6 Å². The second-order valence-electron chi connectivity index (χ2n) is 10.4. The molecule has 4 aromatic rings. The van der Waals surface area contributed by atoms with Gasteiger partial charge in [0, 0.05) is 25.0 Å². The monoisotopic (exact) mass is 481 g/mol. The number of nitrogens with zero attached hydrogens (tertiary/aromatic N) is 4. The molecular weight excluding hydrogens is 450 g/mol. The summed E-state index contributed by atoms with van der Waals surface area (Å²) in [5.41, 5.74) is 6.03. The Balaban J connectivity index is 1.17. The maximum atomic E-state index is 11.1. The molecule has 2 aliphatic rings. The molecule has 6 rings (SSSR count). The first-order valence-corrected chi connectivity index (χ1v) is 12.8. The summed E-state index contributed by atoms with van der Waals surface area (Å²) in [6.07, 6.45) is 8.14. The number of benzene rings is 2. The van der Waals surface area contributed by atoms with Crippen molar-refractivity contribution in [1.29, 1.82) is 0 Å². The molecule has 1 saturated heterocycles. The van der Waals surface area contributed by atoms with Gasteiger partial charge in [-0.1, -0.05) is 37.6 Å². The molecule has 7 nitrogen and oxygen atoms in total. The Morgan fingerprint density at radius 3 is 2.39 bits per heavy atom. The van der Waals surface area contributed by atoms with E-state index in [1.807, 2.05) is 12.3 Å². The number of carboxylic acids is 1. The zero-order valence-corrected chi connectivity index (χ0v) is 20.5. The van der Waals surface area contributed by atoms with Gasteiger partial charge < -0.3 is 15.3 Å². The van der Waals surface area contributed by atoms with Crippen molar-refractivity contribution >= 4 is 28.9 Å². The number of hydrogen-bond donors (Lipinski definition) is 2. The molecule has 1 aliphatic carbocycles. The van der Waals surface area contributed by atoms with Crippen molar-refractivity contribution in [3.63, 3.8) is 0 Å². The normalized spacial score (nSPS) is 17.6. The van der Waals surface area contributed by atoms with Gasteiger partial charge >= 0.3 is 5.97 Å². The number of fused-ring (bicyclic) bond motifs is 1. The van der Waals surface area contributed by atoms with E-state index in [4.69, 9.17) is 10.1 Å². The highest BCUT2D eigenvalue weighted by molar-refractivity contribution is 5.88. The molecule has 36 heavy (non-hydrogen) atoms. The zero-order chi connectivity index (χ0) is 24.7. The molecule has 2 aromatic carbocycles. The van der Waals surface area contributed by atoms with Gasteiger partial charge in [-0.2, -0.15) is 4.98 Å². The van der Waals surface area contributed by atoms with Crippen LogP contribution in [0.4, 0.5) is 17.3 Å². The van der Waals surface area contributed by atoms with E-state index in [0.29, 0.717) is 5.95 Å². The highest BCUT2D eigenvalue weighted by Crippen LogP contribution is 2.40. The molecular formula is C29H31N5O2. The van der Waals surface area contributed by atoms with Gasteiger partial charge in [0.25, 0.3) is 0 Å². The van der Waals surface area contributed by atoms with E-state index < -0.39 is 5.97 Å². The van der Waals surface area contributed by atoms with Gasteiger partial charge in [-0.3, -0.25) is 0 Å². The third-order valence-corrected chi connectivity index (χ3v) is 8.12. The van der Waals surface area contributed by atoms with Crippen LogP contribution in [0.5, 0.6) is 0 Å². The molecule has 0 bridgehead atoms. The topological polar surface area (TPSA) is 82.8 Å². The Hall–Kier alpha value is -3.87. The predicted octanol–water partition coefficient (Wildman–Crippen LogP) is 6.00. The average Bonchev–Trinajstić information content (AvgIpc) is 3.27. The van der Waals surface area contributed by atoms with E-state index in [1.54, 1.807) is 28.8 Å². The molecule has 2 N–H and O–H groups in total. The molecule has 0 atom stereocenters. The van der Waals surface area contributed by atoms with Crippen molar-refractivity contribution in [1.82, 2.24) is 14.6 Å². The second kappa shape index (κ2) is 8.97. The van der Waals surface area contributed by atoms with E-state index in [9.17, 15) is 4.79 Å². The Labute approximate surface area is 210 Å². The SMILES string of the molecule is CC1(c2ccc(C3CCC3)cc2)CCN(c2cccn3nc(Nc4ccc(C(=O)O)cc4)nc23)CC1. The fraction of sp³-hybridized carbons (Fsp3) is 0.345. The van der Waals surface area contributed by atoms with Gasteiger partial charge in [-0.05, 0) is 84.5 Å². The van der Waals surface area contributed by atoms with Crippen molar-refractivity contribution in [2.75, 3.05) is 23.3 Å². The van der Waals surface area contributed by atoms with Crippen LogP contribution >= 0.6 is 0 Å². The molecule has 184 valence electrons. The first-order chi connectivity index (χ1) is 17.5. The first kappa shape index (κ1) is 22.6. The summed E-state index contributed by atoms with van der Waals surface area (Å²) in [6.45, 7) is 4.33. The molecule has 2 fully saturated rings. The minimum atomic E-state index is -0.944. The van der Waals surface area contributed by atoms with E-state index in [0.717, 1.165) is 48.9 Å². The zero-order valence-electron chi connectivity index (χ0n) is 20.5. The molecule has 7 heteroatoms. The van der Waals surface area contributed by atoms with E-state index >= 15 is 0 Å². The van der Waals surface area contributed by atoms with Crippen molar-refractivity contribution in [2.45, 2.75) is 50.4 Å². The Bertz CT molecular complexity index is 1380. The predicted molar refractivity (Wildman–Crippen MR) is 142 cm³/mol. The molecule has 0 unspecified atom stereocenters. The fourth-order valence-electron chi connectivity index (χ4n) is 5.45. The maximum absolute atomic E-state index is 11.1.